The number of allylic oxidation sites excluding steroid dienone is 1. The number of ketones is 1. The maximum absolute atomic E-state index is 12.1. The van der Waals surface area contributed by atoms with Crippen LogP contribution in [0.25, 0.3) is 6.08 Å². The number of anilines is 1. The molecular formula is C18H17NO3. The van der Waals surface area contributed by atoms with Crippen molar-refractivity contribution in [1.29, 1.82) is 0 Å². The molecule has 0 fully saturated rings. The lowest BCUT2D eigenvalue weighted by Gasteiger charge is -2.05. The summed E-state index contributed by atoms with van der Waals surface area (Å²) in [5, 5.41) is 12.5. The van der Waals surface area contributed by atoms with Crippen LogP contribution in [0.1, 0.15) is 28.4 Å². The van der Waals surface area contributed by atoms with Crippen molar-refractivity contribution in [3.8, 4) is 5.75 Å². The lowest BCUT2D eigenvalue weighted by Crippen LogP contribution is -2.06. The van der Waals surface area contributed by atoms with Gasteiger partial charge in [0.25, 0.3) is 0 Å². The number of phenols is 1. The van der Waals surface area contributed by atoms with Gasteiger partial charge in [-0.3, -0.25) is 9.59 Å². The predicted molar refractivity (Wildman–Crippen MR) is 87.0 cm³/mol. The number of nitrogens with one attached hydrogen (secondary N) is 1. The van der Waals surface area contributed by atoms with Gasteiger partial charge in [0.2, 0.25) is 5.91 Å². The van der Waals surface area contributed by atoms with E-state index in [9.17, 15) is 14.7 Å². The van der Waals surface area contributed by atoms with E-state index >= 15 is 0 Å². The van der Waals surface area contributed by atoms with Crippen LogP contribution in [0.3, 0.4) is 0 Å². The molecule has 4 nitrogen and oxygen atoms in total. The lowest BCUT2D eigenvalue weighted by atomic mass is 10.1. The topological polar surface area (TPSA) is 66.4 Å². The SMILES string of the molecule is CC(=O)Nc1ccc(C(=O)/C=C/c2ccccc2C)c(O)c1. The van der Waals surface area contributed by atoms with Crippen molar-refractivity contribution in [3.63, 3.8) is 0 Å². The van der Waals surface area contributed by atoms with Crippen LogP contribution in [0, 0.1) is 6.92 Å². The standard InChI is InChI=1S/C18H17NO3/c1-12-5-3-4-6-14(12)7-10-17(21)16-9-8-15(11-18(16)22)19-13(2)20/h3-11,22H,1-2H3,(H,19,20)/b10-7+. The number of aryl methyl sites for hydroxylation is 1. The van der Waals surface area contributed by atoms with Crippen LogP contribution < -0.4 is 5.32 Å². The van der Waals surface area contributed by atoms with Gasteiger partial charge in [-0.25, -0.2) is 0 Å². The summed E-state index contributed by atoms with van der Waals surface area (Å²) in [6.45, 7) is 3.34. The maximum atomic E-state index is 12.1. The fraction of sp³-hybridized carbons (Fsp3) is 0.111. The molecule has 22 heavy (non-hydrogen) atoms. The molecular weight excluding hydrogens is 278 g/mol. The zero-order valence-electron chi connectivity index (χ0n) is 12.5. The number of hydrogen-bond acceptors (Lipinski definition) is 3. The lowest BCUT2D eigenvalue weighted by molar-refractivity contribution is -0.114. The highest BCUT2D eigenvalue weighted by Crippen LogP contribution is 2.23. The van der Waals surface area contributed by atoms with E-state index < -0.39 is 0 Å². The Morgan fingerprint density at radius 1 is 1.14 bits per heavy atom. The molecule has 0 bridgehead atoms. The molecule has 2 rings (SSSR count). The number of rotatable bonds is 4. The molecule has 0 aliphatic rings. The van der Waals surface area contributed by atoms with Gasteiger partial charge in [0, 0.05) is 18.7 Å². The van der Waals surface area contributed by atoms with Gasteiger partial charge in [0.05, 0.1) is 5.56 Å². The molecule has 0 saturated heterocycles. The molecule has 2 aromatic rings. The van der Waals surface area contributed by atoms with Crippen LogP contribution in [0.15, 0.2) is 48.5 Å². The summed E-state index contributed by atoms with van der Waals surface area (Å²) in [5.41, 5.74) is 2.66. The number of carbonyl (C=O) groups is 2. The van der Waals surface area contributed by atoms with E-state index in [0.717, 1.165) is 11.1 Å². The fourth-order valence-electron chi connectivity index (χ4n) is 2.05. The molecule has 112 valence electrons. The van der Waals surface area contributed by atoms with Gasteiger partial charge in [-0.1, -0.05) is 30.3 Å². The summed E-state index contributed by atoms with van der Waals surface area (Å²) in [5.74, 6) is -0.696. The Morgan fingerprint density at radius 2 is 1.86 bits per heavy atom. The third kappa shape index (κ3) is 3.82. The Bertz CT molecular complexity index is 748. The summed E-state index contributed by atoms with van der Waals surface area (Å²) in [6.07, 6.45) is 3.15. The van der Waals surface area contributed by atoms with Crippen LogP contribution in [0.4, 0.5) is 5.69 Å². The Kier molecular flexibility index (Phi) is 4.73. The number of carbonyl (C=O) groups excluding carboxylic acids is 2. The molecule has 4 heteroatoms. The van der Waals surface area contributed by atoms with E-state index in [0.29, 0.717) is 5.69 Å². The highest BCUT2D eigenvalue weighted by molar-refractivity contribution is 6.09. The summed E-state index contributed by atoms with van der Waals surface area (Å²) in [6, 6.07) is 12.1. The monoisotopic (exact) mass is 295 g/mol. The number of phenolic OH excluding ortho intramolecular Hbond substituents is 1. The molecule has 0 atom stereocenters. The first-order chi connectivity index (χ1) is 10.5. The van der Waals surface area contributed by atoms with E-state index in [1.54, 1.807) is 12.1 Å². The Labute approximate surface area is 129 Å². The van der Waals surface area contributed by atoms with Crippen molar-refractivity contribution in [3.05, 3.63) is 65.2 Å². The first kappa shape index (κ1) is 15.5. The molecule has 0 aromatic heterocycles. The maximum Gasteiger partial charge on any atom is 0.221 e. The first-order valence-electron chi connectivity index (χ1n) is 6.86. The summed E-state index contributed by atoms with van der Waals surface area (Å²) in [7, 11) is 0. The van der Waals surface area contributed by atoms with Crippen molar-refractivity contribution >= 4 is 23.5 Å². The van der Waals surface area contributed by atoms with E-state index in [2.05, 4.69) is 5.32 Å². The Morgan fingerprint density at radius 3 is 2.50 bits per heavy atom. The molecule has 2 aromatic carbocycles. The molecule has 0 aliphatic carbocycles. The molecule has 1 amide bonds. The van der Waals surface area contributed by atoms with Gasteiger partial charge >= 0.3 is 0 Å². The van der Waals surface area contributed by atoms with Crippen molar-refractivity contribution in [2.24, 2.45) is 0 Å². The molecule has 0 heterocycles. The van der Waals surface area contributed by atoms with Gasteiger partial charge in [-0.2, -0.15) is 0 Å². The second-order valence-electron chi connectivity index (χ2n) is 4.97. The summed E-state index contributed by atoms with van der Waals surface area (Å²) >= 11 is 0. The predicted octanol–water partition coefficient (Wildman–Crippen LogP) is 3.56. The van der Waals surface area contributed by atoms with Crippen LogP contribution in [0.5, 0.6) is 5.75 Å². The number of benzene rings is 2. The molecule has 0 unspecified atom stereocenters. The largest absolute Gasteiger partial charge is 0.507 e. The molecule has 0 radical (unpaired) electrons. The quantitative estimate of drug-likeness (QED) is 0.669. The summed E-state index contributed by atoms with van der Waals surface area (Å²) < 4.78 is 0. The van der Waals surface area contributed by atoms with Gasteiger partial charge in [-0.05, 0) is 36.3 Å². The minimum atomic E-state index is -0.296. The van der Waals surface area contributed by atoms with Crippen LogP contribution in [-0.2, 0) is 4.79 Å². The molecule has 0 aliphatic heterocycles. The molecule has 2 N–H and O–H groups in total. The third-order valence-electron chi connectivity index (χ3n) is 3.19. The van der Waals surface area contributed by atoms with E-state index in [1.807, 2.05) is 31.2 Å². The minimum absolute atomic E-state index is 0.161. The highest BCUT2D eigenvalue weighted by Gasteiger charge is 2.09. The van der Waals surface area contributed by atoms with Crippen LogP contribution in [-0.4, -0.2) is 16.8 Å². The summed E-state index contributed by atoms with van der Waals surface area (Å²) in [4.78, 5) is 23.1. The number of aromatic hydroxyl groups is 1. The normalized spacial score (nSPS) is 10.6. The van der Waals surface area contributed by atoms with Crippen molar-refractivity contribution in [2.75, 3.05) is 5.32 Å². The van der Waals surface area contributed by atoms with Crippen molar-refractivity contribution in [2.45, 2.75) is 13.8 Å². The van der Waals surface area contributed by atoms with Gasteiger partial charge in [0.1, 0.15) is 5.75 Å². The second-order valence-corrected chi connectivity index (χ2v) is 4.97. The molecule has 0 saturated carbocycles. The Balaban J connectivity index is 2.19. The van der Waals surface area contributed by atoms with Crippen LogP contribution in [0.2, 0.25) is 0 Å². The Hall–Kier alpha value is -2.88. The van der Waals surface area contributed by atoms with Crippen molar-refractivity contribution < 1.29 is 14.7 Å². The van der Waals surface area contributed by atoms with Crippen LogP contribution >= 0.6 is 0 Å². The van der Waals surface area contributed by atoms with Gasteiger partial charge in [0.15, 0.2) is 5.78 Å². The van der Waals surface area contributed by atoms with Gasteiger partial charge in [-0.15, -0.1) is 0 Å². The first-order valence-corrected chi connectivity index (χ1v) is 6.86. The van der Waals surface area contributed by atoms with Gasteiger partial charge < -0.3 is 10.4 Å². The minimum Gasteiger partial charge on any atom is -0.507 e. The number of amides is 1. The molecule has 0 spiro atoms. The fourth-order valence-corrected chi connectivity index (χ4v) is 2.05. The third-order valence-corrected chi connectivity index (χ3v) is 3.19. The smallest absolute Gasteiger partial charge is 0.221 e. The van der Waals surface area contributed by atoms with E-state index in [4.69, 9.17) is 0 Å². The highest BCUT2D eigenvalue weighted by atomic mass is 16.3. The number of hydrogen-bond donors (Lipinski definition) is 2. The van der Waals surface area contributed by atoms with E-state index in [-0.39, 0.29) is 23.0 Å². The zero-order valence-corrected chi connectivity index (χ0v) is 12.5. The average molecular weight is 295 g/mol. The second kappa shape index (κ2) is 6.72. The van der Waals surface area contributed by atoms with E-state index in [1.165, 1.54) is 25.1 Å². The van der Waals surface area contributed by atoms with Crippen molar-refractivity contribution in [1.82, 2.24) is 0 Å². The average Bonchev–Trinajstić information content (AvgIpc) is 2.45. The zero-order chi connectivity index (χ0) is 16.1.